The molecule has 3 aromatic rings. The van der Waals surface area contributed by atoms with Crippen molar-refractivity contribution in [2.75, 3.05) is 44.2 Å². The fourth-order valence-corrected chi connectivity index (χ4v) is 6.52. The van der Waals surface area contributed by atoms with E-state index in [1.54, 1.807) is 36.7 Å². The monoisotopic (exact) mass is 624 g/mol. The number of rotatable bonds is 10. The third-order valence-corrected chi connectivity index (χ3v) is 9.52. The maximum absolute atomic E-state index is 13.9. The number of carbonyl (C=O) groups excluding carboxylic acids is 2. The number of halogens is 3. The Morgan fingerprint density at radius 2 is 1.56 bits per heavy atom. The maximum atomic E-state index is 13.9. The molecule has 6 nitrogen and oxygen atoms in total. The Morgan fingerprint density at radius 3 is 2.23 bits per heavy atom. The van der Waals surface area contributed by atoms with Crippen molar-refractivity contribution in [2.24, 2.45) is 11.8 Å². The van der Waals surface area contributed by atoms with Crippen molar-refractivity contribution in [2.45, 2.75) is 44.9 Å². The van der Waals surface area contributed by atoms with Crippen molar-refractivity contribution in [3.8, 4) is 0 Å². The summed E-state index contributed by atoms with van der Waals surface area (Å²) in [5.41, 5.74) is 2.90. The van der Waals surface area contributed by atoms with Gasteiger partial charge in [-0.1, -0.05) is 35.3 Å². The van der Waals surface area contributed by atoms with Crippen LogP contribution in [0.3, 0.4) is 0 Å². The van der Waals surface area contributed by atoms with E-state index < -0.39 is 0 Å². The molecule has 2 aromatic carbocycles. The van der Waals surface area contributed by atoms with E-state index in [4.69, 9.17) is 23.2 Å². The van der Waals surface area contributed by atoms with Crippen LogP contribution in [0.1, 0.15) is 43.2 Å². The zero-order valence-corrected chi connectivity index (χ0v) is 25.9. The Morgan fingerprint density at radius 1 is 0.860 bits per heavy atom. The summed E-state index contributed by atoms with van der Waals surface area (Å²) in [7, 11) is 0. The molecule has 0 atom stereocenters. The van der Waals surface area contributed by atoms with Crippen molar-refractivity contribution in [3.63, 3.8) is 0 Å². The first kappa shape index (κ1) is 31.4. The van der Waals surface area contributed by atoms with Crippen LogP contribution in [0.2, 0.25) is 10.0 Å². The number of carbonyl (C=O) groups is 2. The largest absolute Gasteiger partial charge is 0.342 e. The molecule has 2 aliphatic heterocycles. The predicted octanol–water partition coefficient (Wildman–Crippen LogP) is 6.69. The molecule has 2 saturated heterocycles. The van der Waals surface area contributed by atoms with Crippen LogP contribution in [-0.4, -0.2) is 65.9 Å². The van der Waals surface area contributed by atoms with Gasteiger partial charge in [0.05, 0.1) is 16.5 Å². The van der Waals surface area contributed by atoms with E-state index in [-0.39, 0.29) is 23.5 Å². The second kappa shape index (κ2) is 15.1. The molecule has 3 heterocycles. The summed E-state index contributed by atoms with van der Waals surface area (Å²) in [6.07, 6.45) is 9.09. The van der Waals surface area contributed by atoms with Gasteiger partial charge in [-0.05, 0) is 118 Å². The second-order valence-electron chi connectivity index (χ2n) is 11.7. The van der Waals surface area contributed by atoms with Gasteiger partial charge in [-0.2, -0.15) is 0 Å². The van der Waals surface area contributed by atoms with E-state index in [1.165, 1.54) is 5.56 Å². The van der Waals surface area contributed by atoms with Crippen LogP contribution in [0.25, 0.3) is 0 Å². The van der Waals surface area contributed by atoms with Crippen molar-refractivity contribution in [1.82, 2.24) is 14.8 Å². The molecule has 2 aliphatic rings. The number of aromatic nitrogens is 1. The molecule has 0 bridgehead atoms. The minimum atomic E-state index is -0.190. The number of piperidine rings is 2. The Bertz CT molecular complexity index is 1360. The van der Waals surface area contributed by atoms with E-state index in [0.717, 1.165) is 56.6 Å². The first-order valence-corrected chi connectivity index (χ1v) is 16.0. The smallest absolute Gasteiger partial charge is 0.230 e. The first-order valence-electron chi connectivity index (χ1n) is 15.3. The van der Waals surface area contributed by atoms with Crippen LogP contribution >= 0.6 is 23.2 Å². The highest BCUT2D eigenvalue weighted by atomic mass is 35.5. The van der Waals surface area contributed by atoms with Gasteiger partial charge in [0.15, 0.2) is 0 Å². The average molecular weight is 626 g/mol. The number of likely N-dealkylation sites (tertiary alicyclic amines) is 2. The second-order valence-corrected chi connectivity index (χ2v) is 12.6. The summed E-state index contributed by atoms with van der Waals surface area (Å²) < 4.78 is 13.2. The molecule has 0 saturated carbocycles. The summed E-state index contributed by atoms with van der Waals surface area (Å²) in [6, 6.07) is 16.0. The molecule has 0 unspecified atom stereocenters. The average Bonchev–Trinajstić information content (AvgIpc) is 3.03. The van der Waals surface area contributed by atoms with Gasteiger partial charge in [-0.3, -0.25) is 14.6 Å². The molecule has 1 aromatic heterocycles. The summed E-state index contributed by atoms with van der Waals surface area (Å²) >= 11 is 12.6. The van der Waals surface area contributed by atoms with Gasteiger partial charge in [0, 0.05) is 43.6 Å². The molecule has 2 amide bonds. The molecule has 43 heavy (non-hydrogen) atoms. The number of hydrogen-bond acceptors (Lipinski definition) is 4. The summed E-state index contributed by atoms with van der Waals surface area (Å²) in [6.45, 7) is 4.70. The highest BCUT2D eigenvalue weighted by Gasteiger charge is 2.31. The van der Waals surface area contributed by atoms with Crippen LogP contribution < -0.4 is 4.90 Å². The van der Waals surface area contributed by atoms with E-state index in [9.17, 15) is 14.0 Å². The van der Waals surface area contributed by atoms with Gasteiger partial charge < -0.3 is 14.7 Å². The van der Waals surface area contributed by atoms with Gasteiger partial charge in [-0.15, -0.1) is 0 Å². The summed E-state index contributed by atoms with van der Waals surface area (Å²) in [5.74, 6) is 0.432. The van der Waals surface area contributed by atoms with E-state index >= 15 is 0 Å². The molecule has 0 spiro atoms. The molecule has 2 fully saturated rings. The van der Waals surface area contributed by atoms with Crippen LogP contribution in [0, 0.1) is 17.7 Å². The van der Waals surface area contributed by atoms with Gasteiger partial charge in [0.25, 0.3) is 0 Å². The van der Waals surface area contributed by atoms with Gasteiger partial charge in [-0.25, -0.2) is 4.39 Å². The molecule has 0 N–H and O–H groups in total. The van der Waals surface area contributed by atoms with Gasteiger partial charge >= 0.3 is 0 Å². The quantitative estimate of drug-likeness (QED) is 0.252. The number of benzene rings is 2. The number of pyridine rings is 1. The minimum absolute atomic E-state index is 0.0811. The molecule has 228 valence electrons. The fraction of sp³-hybridized carbons (Fsp3) is 0.441. The predicted molar refractivity (Wildman–Crippen MR) is 170 cm³/mol. The Labute approximate surface area is 263 Å². The Kier molecular flexibility index (Phi) is 11.1. The van der Waals surface area contributed by atoms with Crippen molar-refractivity contribution >= 4 is 40.7 Å². The van der Waals surface area contributed by atoms with Crippen molar-refractivity contribution in [1.29, 1.82) is 0 Å². The van der Waals surface area contributed by atoms with Gasteiger partial charge in [0.2, 0.25) is 11.8 Å². The standard InChI is InChI=1S/C34H39Cl2FN4O2/c35-31-7-6-30(24-32(31)36)41(17-1-16-39-18-10-27(11-19-39)22-25-2-4-29(37)5-3-25)34(43)28-12-20-40(21-13-28)33(42)23-26-8-14-38-15-9-26/h2-9,14-15,24,27-28H,1,10-13,16-23H2. The SMILES string of the molecule is O=C(Cc1ccncc1)N1CCC(C(=O)N(CCCN2CCC(Cc3ccc(F)cc3)CC2)c2ccc(Cl)c(Cl)c2)CC1. The van der Waals surface area contributed by atoms with Crippen LogP contribution in [0.5, 0.6) is 0 Å². The summed E-state index contributed by atoms with van der Waals surface area (Å²) in [4.78, 5) is 37.0. The molecular formula is C34H39Cl2FN4O2. The number of anilines is 1. The number of amides is 2. The number of nitrogens with zero attached hydrogens (tertiary/aromatic N) is 4. The lowest BCUT2D eigenvalue weighted by Gasteiger charge is -2.35. The fourth-order valence-electron chi connectivity index (χ4n) is 6.22. The topological polar surface area (TPSA) is 56.8 Å². The zero-order chi connectivity index (χ0) is 30.2. The lowest BCUT2D eigenvalue weighted by atomic mass is 9.90. The van der Waals surface area contributed by atoms with Gasteiger partial charge in [0.1, 0.15) is 5.82 Å². The molecule has 0 aliphatic carbocycles. The Hall–Kier alpha value is -3.00. The third kappa shape index (κ3) is 8.78. The first-order chi connectivity index (χ1) is 20.9. The zero-order valence-electron chi connectivity index (χ0n) is 24.4. The molecular weight excluding hydrogens is 586 g/mol. The maximum Gasteiger partial charge on any atom is 0.230 e. The molecule has 0 radical (unpaired) electrons. The van der Waals surface area contributed by atoms with Crippen LogP contribution in [0.15, 0.2) is 67.0 Å². The Balaban J connectivity index is 1.13. The minimum Gasteiger partial charge on any atom is -0.342 e. The van der Waals surface area contributed by atoms with Crippen LogP contribution in [0.4, 0.5) is 10.1 Å². The van der Waals surface area contributed by atoms with Crippen molar-refractivity contribution in [3.05, 3.63) is 94.0 Å². The van der Waals surface area contributed by atoms with Crippen LogP contribution in [-0.2, 0) is 22.4 Å². The third-order valence-electron chi connectivity index (χ3n) is 8.78. The van der Waals surface area contributed by atoms with E-state index in [2.05, 4.69) is 9.88 Å². The van der Waals surface area contributed by atoms with Crippen molar-refractivity contribution < 1.29 is 14.0 Å². The normalized spacial score (nSPS) is 16.8. The number of hydrogen-bond donors (Lipinski definition) is 0. The molecule has 9 heteroatoms. The van der Waals surface area contributed by atoms with E-state index in [1.807, 2.05) is 40.1 Å². The highest BCUT2D eigenvalue weighted by Crippen LogP contribution is 2.30. The lowest BCUT2D eigenvalue weighted by molar-refractivity contribution is -0.134. The summed E-state index contributed by atoms with van der Waals surface area (Å²) in [5, 5.41) is 0.888. The highest BCUT2D eigenvalue weighted by molar-refractivity contribution is 6.42. The lowest BCUT2D eigenvalue weighted by Crippen LogP contribution is -2.45. The van der Waals surface area contributed by atoms with E-state index in [0.29, 0.717) is 54.9 Å². The molecule has 5 rings (SSSR count).